The number of hydrogen-bond donors (Lipinski definition) is 1. The van der Waals surface area contributed by atoms with Crippen molar-refractivity contribution >= 4 is 28.5 Å². The van der Waals surface area contributed by atoms with E-state index >= 15 is 0 Å². The van der Waals surface area contributed by atoms with Crippen LogP contribution in [0.3, 0.4) is 0 Å². The number of rotatable bonds is 6. The summed E-state index contributed by atoms with van der Waals surface area (Å²) >= 11 is 1.25. The first-order valence-corrected chi connectivity index (χ1v) is 8.23. The number of esters is 1. The number of aromatic amines is 1. The number of carbonyl (C=O) groups excluding carboxylic acids is 1. The number of fused-ring (bicyclic) bond motifs is 1. The Hall–Kier alpha value is -2.38. The second-order valence-corrected chi connectivity index (χ2v) is 6.16. The average Bonchev–Trinajstić information content (AvgIpc) is 3.06. The molecule has 0 fully saturated rings. The van der Waals surface area contributed by atoms with Gasteiger partial charge in [-0.3, -0.25) is 9.89 Å². The summed E-state index contributed by atoms with van der Waals surface area (Å²) in [4.78, 5) is 16.7. The zero-order valence-electron chi connectivity index (χ0n) is 13.4. The van der Waals surface area contributed by atoms with Crippen molar-refractivity contribution in [3.63, 3.8) is 0 Å². The molecule has 0 saturated heterocycles. The van der Waals surface area contributed by atoms with E-state index in [0.29, 0.717) is 17.6 Å². The van der Waals surface area contributed by atoms with Crippen LogP contribution >= 0.6 is 11.8 Å². The molecule has 0 radical (unpaired) electrons. The van der Waals surface area contributed by atoms with Crippen molar-refractivity contribution in [3.05, 3.63) is 53.9 Å². The van der Waals surface area contributed by atoms with E-state index in [4.69, 9.17) is 9.47 Å². The van der Waals surface area contributed by atoms with Gasteiger partial charge in [-0.25, -0.2) is 4.98 Å². The lowest BCUT2D eigenvalue weighted by molar-refractivity contribution is -0.140. The van der Waals surface area contributed by atoms with Crippen molar-refractivity contribution in [2.24, 2.45) is 0 Å². The number of nitrogens with zero attached hydrogens (tertiary/aromatic N) is 2. The molecule has 0 aliphatic carbocycles. The molecule has 1 aromatic heterocycles. The van der Waals surface area contributed by atoms with Gasteiger partial charge in [-0.2, -0.15) is 0 Å². The summed E-state index contributed by atoms with van der Waals surface area (Å²) in [5, 5.41) is 8.94. The first-order chi connectivity index (χ1) is 11.7. The molecule has 3 rings (SSSR count). The number of ether oxygens (including phenoxy) is 2. The molecule has 0 saturated carbocycles. The Balaban J connectivity index is 1.98. The maximum Gasteiger partial charge on any atom is 0.323 e. The molecule has 3 aromatic rings. The lowest BCUT2D eigenvalue weighted by atomic mass is 10.0. The number of thioether (sulfide) groups is 1. The van der Waals surface area contributed by atoms with E-state index in [1.807, 2.05) is 42.5 Å². The fourth-order valence-electron chi connectivity index (χ4n) is 2.46. The predicted octanol–water partition coefficient (Wildman–Crippen LogP) is 3.11. The Morgan fingerprint density at radius 2 is 2.00 bits per heavy atom. The normalized spacial score (nSPS) is 12.2. The highest BCUT2D eigenvalue weighted by molar-refractivity contribution is 8.00. The summed E-state index contributed by atoms with van der Waals surface area (Å²) in [5.74, 6) is 0.274. The first kappa shape index (κ1) is 16.5. The lowest BCUT2D eigenvalue weighted by Crippen LogP contribution is -2.12. The molecule has 7 heteroatoms. The van der Waals surface area contributed by atoms with Crippen LogP contribution in [0.15, 0.2) is 47.6 Å². The molecule has 1 unspecified atom stereocenters. The van der Waals surface area contributed by atoms with Crippen LogP contribution < -0.4 is 0 Å². The van der Waals surface area contributed by atoms with E-state index in [9.17, 15) is 4.79 Å². The number of hydrogen-bond acceptors (Lipinski definition) is 6. The summed E-state index contributed by atoms with van der Waals surface area (Å²) in [6.45, 7) is 0.338. The minimum absolute atomic E-state index is 0.338. The van der Waals surface area contributed by atoms with Gasteiger partial charge in [-0.1, -0.05) is 54.2 Å². The van der Waals surface area contributed by atoms with Gasteiger partial charge >= 0.3 is 5.97 Å². The molecular formula is C17H17N3O3S. The van der Waals surface area contributed by atoms with Crippen LogP contribution in [0.5, 0.6) is 0 Å². The molecule has 0 bridgehead atoms. The highest BCUT2D eigenvalue weighted by Crippen LogP contribution is 2.37. The summed E-state index contributed by atoms with van der Waals surface area (Å²) in [7, 11) is 2.97. The fraction of sp³-hybridized carbons (Fsp3) is 0.235. The van der Waals surface area contributed by atoms with E-state index in [-0.39, 0.29) is 5.97 Å². The fourth-order valence-corrected chi connectivity index (χ4v) is 3.46. The summed E-state index contributed by atoms with van der Waals surface area (Å²) < 4.78 is 10.0. The third kappa shape index (κ3) is 3.42. The molecule has 1 heterocycles. The smallest absolute Gasteiger partial charge is 0.323 e. The molecule has 0 aliphatic heterocycles. The number of nitrogens with one attached hydrogen (secondary N) is 1. The molecule has 2 aromatic carbocycles. The van der Waals surface area contributed by atoms with Gasteiger partial charge in [0.2, 0.25) is 5.16 Å². The number of H-pyrrole nitrogens is 1. The standard InChI is InChI=1S/C17H17N3O3S/c1-22-10-14-18-17(20-19-14)24-15(16(21)23-2)13-9-5-7-11-6-3-4-8-12(11)13/h3-9,15H,10H2,1-2H3,(H,18,19,20). The van der Waals surface area contributed by atoms with Crippen molar-refractivity contribution in [2.45, 2.75) is 17.0 Å². The second-order valence-electron chi connectivity index (χ2n) is 5.09. The molecule has 1 atom stereocenters. The minimum Gasteiger partial charge on any atom is -0.468 e. The van der Waals surface area contributed by atoms with Crippen LogP contribution in [0.25, 0.3) is 10.8 Å². The molecule has 24 heavy (non-hydrogen) atoms. The van der Waals surface area contributed by atoms with Crippen LogP contribution in [0.1, 0.15) is 16.6 Å². The third-order valence-corrected chi connectivity index (χ3v) is 4.61. The molecule has 1 N–H and O–H groups in total. The summed E-state index contributed by atoms with van der Waals surface area (Å²) in [5.41, 5.74) is 0.878. The number of aromatic nitrogens is 3. The monoisotopic (exact) mass is 343 g/mol. The number of methoxy groups -OCH3 is 2. The average molecular weight is 343 g/mol. The van der Waals surface area contributed by atoms with Gasteiger partial charge in [0, 0.05) is 7.11 Å². The zero-order valence-corrected chi connectivity index (χ0v) is 14.2. The zero-order chi connectivity index (χ0) is 16.9. The quantitative estimate of drug-likeness (QED) is 0.547. The maximum absolute atomic E-state index is 12.4. The lowest BCUT2D eigenvalue weighted by Gasteiger charge is -2.15. The van der Waals surface area contributed by atoms with Gasteiger partial charge in [0.25, 0.3) is 0 Å². The Morgan fingerprint density at radius 1 is 1.21 bits per heavy atom. The Labute approximate surface area is 143 Å². The van der Waals surface area contributed by atoms with Gasteiger partial charge in [0.1, 0.15) is 11.9 Å². The minimum atomic E-state index is -0.549. The summed E-state index contributed by atoms with van der Waals surface area (Å²) in [6, 6.07) is 13.8. The Kier molecular flexibility index (Phi) is 5.12. The van der Waals surface area contributed by atoms with Crippen molar-refractivity contribution in [1.82, 2.24) is 15.2 Å². The molecular weight excluding hydrogens is 326 g/mol. The molecule has 0 amide bonds. The maximum atomic E-state index is 12.4. The molecule has 124 valence electrons. The van der Waals surface area contributed by atoms with Crippen molar-refractivity contribution < 1.29 is 14.3 Å². The van der Waals surface area contributed by atoms with Gasteiger partial charge in [0.15, 0.2) is 5.82 Å². The number of benzene rings is 2. The van der Waals surface area contributed by atoms with E-state index < -0.39 is 5.25 Å². The number of carbonyl (C=O) groups is 1. The first-order valence-electron chi connectivity index (χ1n) is 7.35. The van der Waals surface area contributed by atoms with Crippen molar-refractivity contribution in [2.75, 3.05) is 14.2 Å². The van der Waals surface area contributed by atoms with Crippen LogP contribution in [0.4, 0.5) is 0 Å². The molecule has 0 aliphatic rings. The molecule has 6 nitrogen and oxygen atoms in total. The van der Waals surface area contributed by atoms with Crippen LogP contribution in [0.2, 0.25) is 0 Å². The largest absolute Gasteiger partial charge is 0.468 e. The van der Waals surface area contributed by atoms with Crippen molar-refractivity contribution in [1.29, 1.82) is 0 Å². The van der Waals surface area contributed by atoms with Gasteiger partial charge in [0.05, 0.1) is 7.11 Å². The van der Waals surface area contributed by atoms with E-state index in [0.717, 1.165) is 16.3 Å². The van der Waals surface area contributed by atoms with Crippen LogP contribution in [0, 0.1) is 0 Å². The SMILES string of the molecule is COCc1nc(SC(C(=O)OC)c2cccc3ccccc23)n[nH]1. The predicted molar refractivity (Wildman–Crippen MR) is 91.7 cm³/mol. The van der Waals surface area contributed by atoms with Crippen LogP contribution in [-0.4, -0.2) is 35.4 Å². The van der Waals surface area contributed by atoms with E-state index in [1.165, 1.54) is 18.9 Å². The van der Waals surface area contributed by atoms with Gasteiger partial charge < -0.3 is 9.47 Å². The third-order valence-electron chi connectivity index (χ3n) is 3.54. The molecule has 0 spiro atoms. The summed E-state index contributed by atoms with van der Waals surface area (Å²) in [6.07, 6.45) is 0. The Bertz CT molecular complexity index is 844. The Morgan fingerprint density at radius 3 is 2.79 bits per heavy atom. The van der Waals surface area contributed by atoms with E-state index in [2.05, 4.69) is 15.2 Å². The highest BCUT2D eigenvalue weighted by Gasteiger charge is 2.26. The van der Waals surface area contributed by atoms with Gasteiger partial charge in [-0.15, -0.1) is 5.10 Å². The second kappa shape index (κ2) is 7.46. The van der Waals surface area contributed by atoms with Crippen LogP contribution in [-0.2, 0) is 20.9 Å². The van der Waals surface area contributed by atoms with E-state index in [1.54, 1.807) is 7.11 Å². The van der Waals surface area contributed by atoms with Crippen molar-refractivity contribution in [3.8, 4) is 0 Å². The van der Waals surface area contributed by atoms with Gasteiger partial charge in [-0.05, 0) is 16.3 Å². The topological polar surface area (TPSA) is 77.1 Å². The highest BCUT2D eigenvalue weighted by atomic mass is 32.2.